The molecule has 2 aliphatic carbocycles. The molecule has 1 N–H and O–H groups in total. The summed E-state index contributed by atoms with van der Waals surface area (Å²) in [4.78, 5) is 51.6. The van der Waals surface area contributed by atoms with Crippen molar-refractivity contribution >= 4 is 23.9 Å². The molecule has 5 fully saturated rings. The Balaban J connectivity index is 1.44. The quantitative estimate of drug-likeness (QED) is 0.233. The van der Waals surface area contributed by atoms with Gasteiger partial charge in [0, 0.05) is 13.0 Å². The van der Waals surface area contributed by atoms with Crippen molar-refractivity contribution in [3.05, 3.63) is 0 Å². The van der Waals surface area contributed by atoms with Crippen molar-refractivity contribution in [3.63, 3.8) is 0 Å². The van der Waals surface area contributed by atoms with Crippen LogP contribution in [-0.4, -0.2) is 60.0 Å². The summed E-state index contributed by atoms with van der Waals surface area (Å²) in [6, 6.07) is 0. The molecular weight excluding hydrogens is 480 g/mol. The van der Waals surface area contributed by atoms with Crippen LogP contribution >= 0.6 is 0 Å². The molecule has 12 unspecified atom stereocenters. The molecule has 0 aromatic carbocycles. The second-order valence-corrected chi connectivity index (χ2v) is 12.9. The predicted molar refractivity (Wildman–Crippen MR) is 128 cm³/mol. The first-order valence-electron chi connectivity index (χ1n) is 13.8. The Morgan fingerprint density at radius 1 is 0.973 bits per heavy atom. The highest BCUT2D eigenvalue weighted by molar-refractivity contribution is 5.96. The summed E-state index contributed by atoms with van der Waals surface area (Å²) in [6.45, 7) is 9.57. The standard InChI is InChI=1S/C28H40O9/c1-12-18-11-17(25(31)34-8-6-7-29)23(35-18)19(12)21-14-9-15(16(10-14)26(32)37-28(3,4)5)22(21)20-13(2)24(30)36-27(20)33/h12-23,29H,6-11H2,1-5H3. The molecule has 0 amide bonds. The van der Waals surface area contributed by atoms with Gasteiger partial charge >= 0.3 is 23.9 Å². The van der Waals surface area contributed by atoms with E-state index in [1.165, 1.54) is 0 Å². The van der Waals surface area contributed by atoms with E-state index in [9.17, 15) is 19.2 Å². The number of cyclic esters (lactones) is 2. The van der Waals surface area contributed by atoms with E-state index in [1.807, 2.05) is 20.8 Å². The molecule has 0 spiro atoms. The summed E-state index contributed by atoms with van der Waals surface area (Å²) in [7, 11) is 0. The first-order valence-corrected chi connectivity index (χ1v) is 13.8. The zero-order valence-corrected chi connectivity index (χ0v) is 22.4. The van der Waals surface area contributed by atoms with Crippen molar-refractivity contribution in [1.29, 1.82) is 0 Å². The van der Waals surface area contributed by atoms with Crippen molar-refractivity contribution in [2.75, 3.05) is 13.2 Å². The fourth-order valence-corrected chi connectivity index (χ4v) is 8.40. The summed E-state index contributed by atoms with van der Waals surface area (Å²) >= 11 is 0. The minimum absolute atomic E-state index is 0.0180. The molecule has 3 heterocycles. The second kappa shape index (κ2) is 9.63. The normalized spacial score (nSPS) is 44.4. The van der Waals surface area contributed by atoms with Crippen LogP contribution in [0.25, 0.3) is 0 Å². The Morgan fingerprint density at radius 3 is 2.30 bits per heavy atom. The maximum Gasteiger partial charge on any atom is 0.317 e. The fourth-order valence-electron chi connectivity index (χ4n) is 8.40. The molecule has 12 atom stereocenters. The van der Waals surface area contributed by atoms with Gasteiger partial charge in [0.25, 0.3) is 0 Å². The molecule has 37 heavy (non-hydrogen) atoms. The molecule has 0 aromatic heterocycles. The maximum atomic E-state index is 13.2. The van der Waals surface area contributed by atoms with Crippen LogP contribution in [0.5, 0.6) is 0 Å². The first kappa shape index (κ1) is 26.6. The monoisotopic (exact) mass is 520 g/mol. The minimum Gasteiger partial charge on any atom is -0.465 e. The molecule has 5 rings (SSSR count). The number of carbonyl (C=O) groups excluding carboxylic acids is 4. The van der Waals surface area contributed by atoms with Crippen LogP contribution in [0.15, 0.2) is 0 Å². The van der Waals surface area contributed by atoms with E-state index in [1.54, 1.807) is 6.92 Å². The number of aliphatic hydroxyl groups excluding tert-OH is 1. The van der Waals surface area contributed by atoms with Gasteiger partial charge in [-0.1, -0.05) is 13.8 Å². The Bertz CT molecular complexity index is 954. The third-order valence-corrected chi connectivity index (χ3v) is 9.72. The van der Waals surface area contributed by atoms with E-state index in [4.69, 9.17) is 24.1 Å². The van der Waals surface area contributed by atoms with Gasteiger partial charge in [0.1, 0.15) is 5.60 Å². The highest BCUT2D eigenvalue weighted by Crippen LogP contribution is 2.66. The lowest BCUT2D eigenvalue weighted by Gasteiger charge is -2.45. The van der Waals surface area contributed by atoms with Crippen LogP contribution in [0, 0.1) is 59.2 Å². The molecule has 0 aromatic rings. The second-order valence-electron chi connectivity index (χ2n) is 12.9. The third kappa shape index (κ3) is 4.50. The van der Waals surface area contributed by atoms with Crippen molar-refractivity contribution < 1.29 is 43.2 Å². The van der Waals surface area contributed by atoms with Gasteiger partial charge in [-0.2, -0.15) is 0 Å². The number of esters is 4. The molecule has 9 heteroatoms. The van der Waals surface area contributed by atoms with E-state index in [2.05, 4.69) is 6.92 Å². The average Bonchev–Trinajstić information content (AvgIpc) is 3.60. The lowest BCUT2D eigenvalue weighted by atomic mass is 9.57. The number of fused-ring (bicyclic) bond motifs is 4. The van der Waals surface area contributed by atoms with Gasteiger partial charge in [-0.3, -0.25) is 19.2 Å². The van der Waals surface area contributed by atoms with E-state index in [-0.39, 0.29) is 84.7 Å². The molecule has 3 saturated heterocycles. The zero-order valence-electron chi connectivity index (χ0n) is 22.4. The lowest BCUT2D eigenvalue weighted by Crippen LogP contribution is -2.49. The lowest BCUT2D eigenvalue weighted by molar-refractivity contribution is -0.166. The van der Waals surface area contributed by atoms with Crippen LogP contribution in [-0.2, 0) is 38.1 Å². The number of hydrogen-bond donors (Lipinski definition) is 1. The Morgan fingerprint density at radius 2 is 1.70 bits per heavy atom. The SMILES string of the molecule is CC1C(=O)OC(=O)C1C1C2CC(CC2C(=O)OC(C)(C)C)C1C1C(C)C2CC(C(=O)OCCCO)C1O2. The topological polar surface area (TPSA) is 125 Å². The summed E-state index contributed by atoms with van der Waals surface area (Å²) < 4.78 is 22.6. The van der Waals surface area contributed by atoms with Crippen molar-refractivity contribution in [1.82, 2.24) is 0 Å². The summed E-state index contributed by atoms with van der Waals surface area (Å²) in [5.74, 6) is -3.34. The molecule has 4 bridgehead atoms. The van der Waals surface area contributed by atoms with Crippen LogP contribution < -0.4 is 0 Å². The van der Waals surface area contributed by atoms with Gasteiger partial charge in [0.05, 0.1) is 42.5 Å². The third-order valence-electron chi connectivity index (χ3n) is 9.72. The van der Waals surface area contributed by atoms with Gasteiger partial charge in [-0.15, -0.1) is 0 Å². The zero-order chi connectivity index (χ0) is 26.8. The summed E-state index contributed by atoms with van der Waals surface area (Å²) in [5.41, 5.74) is -0.611. The molecule has 3 aliphatic heterocycles. The molecule has 2 saturated carbocycles. The van der Waals surface area contributed by atoms with E-state index < -0.39 is 29.4 Å². The summed E-state index contributed by atoms with van der Waals surface area (Å²) in [5, 5.41) is 9.04. The number of rotatable bonds is 7. The first-order chi connectivity index (χ1) is 17.4. The van der Waals surface area contributed by atoms with Crippen molar-refractivity contribution in [2.24, 2.45) is 59.2 Å². The van der Waals surface area contributed by atoms with Crippen molar-refractivity contribution in [2.45, 2.75) is 78.1 Å². The molecule has 5 aliphatic rings. The van der Waals surface area contributed by atoms with E-state index in [0.717, 1.165) is 6.42 Å². The summed E-state index contributed by atoms with van der Waals surface area (Å²) in [6.07, 6.45) is 2.07. The minimum atomic E-state index is -0.612. The molecule has 206 valence electrons. The fraction of sp³-hybridized carbons (Fsp3) is 0.857. The van der Waals surface area contributed by atoms with Gasteiger partial charge < -0.3 is 24.1 Å². The van der Waals surface area contributed by atoms with Gasteiger partial charge in [0.15, 0.2) is 0 Å². The Labute approximate surface area is 217 Å². The van der Waals surface area contributed by atoms with E-state index >= 15 is 0 Å². The predicted octanol–water partition coefficient (Wildman–Crippen LogP) is 2.52. The van der Waals surface area contributed by atoms with Crippen LogP contribution in [0.2, 0.25) is 0 Å². The van der Waals surface area contributed by atoms with E-state index in [0.29, 0.717) is 19.3 Å². The van der Waals surface area contributed by atoms with Gasteiger partial charge in [-0.05, 0) is 75.5 Å². The Hall–Kier alpha value is -2.00. The number of hydrogen-bond acceptors (Lipinski definition) is 9. The van der Waals surface area contributed by atoms with Crippen molar-refractivity contribution in [3.8, 4) is 0 Å². The average molecular weight is 521 g/mol. The van der Waals surface area contributed by atoms with Crippen LogP contribution in [0.1, 0.15) is 60.3 Å². The highest BCUT2D eigenvalue weighted by atomic mass is 16.6. The molecular formula is C28H40O9. The van der Waals surface area contributed by atoms with Crippen LogP contribution in [0.3, 0.4) is 0 Å². The smallest absolute Gasteiger partial charge is 0.317 e. The molecule has 9 nitrogen and oxygen atoms in total. The highest BCUT2D eigenvalue weighted by Gasteiger charge is 2.68. The number of aliphatic hydroxyl groups is 1. The largest absolute Gasteiger partial charge is 0.465 e. The Kier molecular flexibility index (Phi) is 6.92. The molecule has 0 radical (unpaired) electrons. The number of ether oxygens (including phenoxy) is 4. The van der Waals surface area contributed by atoms with Gasteiger partial charge in [0.2, 0.25) is 0 Å². The van der Waals surface area contributed by atoms with Gasteiger partial charge in [-0.25, -0.2) is 0 Å². The maximum absolute atomic E-state index is 13.2. The van der Waals surface area contributed by atoms with Crippen LogP contribution in [0.4, 0.5) is 0 Å². The number of carbonyl (C=O) groups is 4.